The second-order valence-corrected chi connectivity index (χ2v) is 39.4. The highest BCUT2D eigenvalue weighted by Crippen LogP contribution is 2.55. The number of benzene rings is 26. The van der Waals surface area contributed by atoms with Crippen molar-refractivity contribution in [3.63, 3.8) is 0 Å². The molecular formula is C140H88N4O3S. The van der Waals surface area contributed by atoms with Gasteiger partial charge in [-0.1, -0.05) is 388 Å². The van der Waals surface area contributed by atoms with Crippen LogP contribution >= 0.6 is 11.3 Å². The number of furan rings is 3. The summed E-state index contributed by atoms with van der Waals surface area (Å²) in [7, 11) is 0. The van der Waals surface area contributed by atoms with Gasteiger partial charge in [0.1, 0.15) is 22.3 Å². The molecule has 0 saturated carbocycles. The minimum absolute atomic E-state index is 0.851. The highest BCUT2D eigenvalue weighted by molar-refractivity contribution is 7.25. The van der Waals surface area contributed by atoms with Crippen molar-refractivity contribution in [2.45, 2.75) is 0 Å². The van der Waals surface area contributed by atoms with Gasteiger partial charge in [-0.15, -0.1) is 11.3 Å². The van der Waals surface area contributed by atoms with Crippen molar-refractivity contribution in [1.29, 1.82) is 0 Å². The molecule has 30 rings (SSSR count). The fourth-order valence-corrected chi connectivity index (χ4v) is 24.5. The molecule has 148 heavy (non-hydrogen) atoms. The van der Waals surface area contributed by atoms with Gasteiger partial charge < -0.3 is 32.9 Å². The lowest BCUT2D eigenvalue weighted by Crippen LogP contribution is -2.11. The molecule has 0 spiro atoms. The molecule has 0 aliphatic rings. The Balaban J connectivity index is 0.000000140. The summed E-state index contributed by atoms with van der Waals surface area (Å²) in [4.78, 5) is 9.62. The largest absolute Gasteiger partial charge is 0.456 e. The number of hydrogen-bond donors (Lipinski definition) is 0. The van der Waals surface area contributed by atoms with Crippen molar-refractivity contribution in [2.24, 2.45) is 0 Å². The third-order valence-corrected chi connectivity index (χ3v) is 31.2. The van der Waals surface area contributed by atoms with Crippen LogP contribution in [-0.4, -0.2) is 0 Å². The summed E-state index contributed by atoms with van der Waals surface area (Å²) in [6.07, 6.45) is 0. The number of hydrogen-bond acceptors (Lipinski definition) is 8. The van der Waals surface area contributed by atoms with Gasteiger partial charge in [-0.05, 0) is 248 Å². The Morgan fingerprint density at radius 1 is 0.142 bits per heavy atom. The van der Waals surface area contributed by atoms with Gasteiger partial charge in [0.05, 0.1) is 34.1 Å². The van der Waals surface area contributed by atoms with Gasteiger partial charge in [0.15, 0.2) is 11.2 Å². The zero-order valence-corrected chi connectivity index (χ0v) is 81.0. The van der Waals surface area contributed by atoms with E-state index >= 15 is 0 Å². The standard InChI is InChI=1S/C70H44N2O2.C70H44N2OS/c1-3-18-45(19-4-1)51-22-9-13-29-63(51)71(50-37-41-58-56-25-11-15-32-66(56)73-68(58)44-50)49-36-40-55-60-38-34-47-42-48(35-39-53(47)69(60)59-27-8-7-24-54(59)62(55)43-49)72(64-30-14-10-23-52(64)46-20-5-2-6-21-46)65-31-17-28-61-57-26-12-16-33-67(57)74-70(61)65;1-3-18-45(19-4-1)51-22-9-13-29-63(51)71(50-37-41-68-62(44-50)57-26-12-16-33-67(57)74-68)49-36-40-55-59-38-34-47-42-48(35-39-53(47)69(59)58-27-8-7-24-54(58)61(55)43-49)72(64-30-14-10-23-52(64)46-20-5-2-6-21-46)65-31-17-28-60-56-25-11-15-32-66(56)73-70(60)65/h2*1-44H. The molecule has 0 saturated heterocycles. The topological polar surface area (TPSA) is 52.4 Å². The smallest absolute Gasteiger partial charge is 0.159 e. The molecule has 7 nitrogen and oxygen atoms in total. The summed E-state index contributed by atoms with van der Waals surface area (Å²) in [5.41, 5.74) is 27.1. The van der Waals surface area contributed by atoms with Crippen molar-refractivity contribution in [2.75, 3.05) is 19.6 Å². The minimum Gasteiger partial charge on any atom is -0.456 e. The van der Waals surface area contributed by atoms with Gasteiger partial charge in [0, 0.05) is 115 Å². The average Bonchev–Trinajstić information content (AvgIpc) is 1.35. The summed E-state index contributed by atoms with van der Waals surface area (Å²) in [6.45, 7) is 0. The third kappa shape index (κ3) is 14.2. The highest BCUT2D eigenvalue weighted by atomic mass is 32.1. The van der Waals surface area contributed by atoms with Gasteiger partial charge in [0.25, 0.3) is 0 Å². The minimum atomic E-state index is 0.851. The lowest BCUT2D eigenvalue weighted by Gasteiger charge is -2.29. The first-order valence-electron chi connectivity index (χ1n) is 50.5. The molecule has 8 heteroatoms. The maximum absolute atomic E-state index is 6.77. The fraction of sp³-hybridized carbons (Fsp3) is 0. The van der Waals surface area contributed by atoms with Crippen molar-refractivity contribution in [3.05, 3.63) is 534 Å². The third-order valence-electron chi connectivity index (χ3n) is 30.0. The van der Waals surface area contributed by atoms with E-state index in [9.17, 15) is 0 Å². The Bertz CT molecular complexity index is 10500. The summed E-state index contributed by atoms with van der Waals surface area (Å²) < 4.78 is 22.6. The van der Waals surface area contributed by atoms with E-state index in [0.29, 0.717) is 0 Å². The summed E-state index contributed by atoms with van der Waals surface area (Å²) in [6, 6.07) is 193. The van der Waals surface area contributed by atoms with Crippen LogP contribution in [0.3, 0.4) is 0 Å². The first kappa shape index (κ1) is 85.4. The fourth-order valence-electron chi connectivity index (χ4n) is 23.4. The summed E-state index contributed by atoms with van der Waals surface area (Å²) >= 11 is 1.85. The molecule has 4 heterocycles. The predicted octanol–water partition coefficient (Wildman–Crippen LogP) is 41.2. The normalized spacial score (nSPS) is 11.8. The molecule has 0 amide bonds. The summed E-state index contributed by atoms with van der Waals surface area (Å²) in [5.74, 6) is 0. The zero-order chi connectivity index (χ0) is 97.4. The monoisotopic (exact) mass is 1900 g/mol. The second-order valence-electron chi connectivity index (χ2n) is 38.3. The molecule has 0 radical (unpaired) electrons. The van der Waals surface area contributed by atoms with E-state index in [0.717, 1.165) is 178 Å². The molecule has 0 fully saturated rings. The quantitative estimate of drug-likeness (QED) is 0.0894. The lowest BCUT2D eigenvalue weighted by molar-refractivity contribution is 0.668. The molecule has 0 aliphatic heterocycles. The maximum atomic E-state index is 6.77. The van der Waals surface area contributed by atoms with E-state index in [1.165, 1.54) is 107 Å². The van der Waals surface area contributed by atoms with Gasteiger partial charge in [-0.3, -0.25) is 0 Å². The second kappa shape index (κ2) is 35.3. The Kier molecular flexibility index (Phi) is 20.4. The van der Waals surface area contributed by atoms with Crippen LogP contribution in [0.5, 0.6) is 0 Å². The van der Waals surface area contributed by atoms with Crippen LogP contribution in [0.4, 0.5) is 68.2 Å². The summed E-state index contributed by atoms with van der Waals surface area (Å²) in [5, 5.41) is 28.5. The molecular weight excluding hydrogens is 1820 g/mol. The van der Waals surface area contributed by atoms with Gasteiger partial charge in [-0.2, -0.15) is 0 Å². The van der Waals surface area contributed by atoms with E-state index in [1.807, 2.05) is 35.6 Å². The first-order chi connectivity index (χ1) is 73.4. The molecule has 0 atom stereocenters. The lowest BCUT2D eigenvalue weighted by atomic mass is 9.90. The van der Waals surface area contributed by atoms with Crippen molar-refractivity contribution in [3.8, 4) is 44.5 Å². The van der Waals surface area contributed by atoms with E-state index in [2.05, 4.69) is 529 Å². The molecule has 26 aromatic carbocycles. The van der Waals surface area contributed by atoms with Crippen LogP contribution in [0, 0.1) is 0 Å². The van der Waals surface area contributed by atoms with E-state index < -0.39 is 0 Å². The molecule has 30 aromatic rings. The molecule has 0 N–H and O–H groups in total. The van der Waals surface area contributed by atoms with E-state index in [4.69, 9.17) is 13.3 Å². The Morgan fingerprint density at radius 3 is 0.845 bits per heavy atom. The Morgan fingerprint density at radius 2 is 0.412 bits per heavy atom. The van der Waals surface area contributed by atoms with Crippen LogP contribution < -0.4 is 19.6 Å². The SMILES string of the molecule is c1ccc(-c2ccccc2N(c2ccc3c(c2)oc2ccccc23)c2ccc3c(c2)c2ccccc2c2c4ccc(N(c5ccccc5-c5ccccc5)c5cccc6c5oc5ccccc56)cc4ccc32)cc1.c1ccc(-c2ccccc2N(c2ccc3sc4ccccc4c3c2)c2ccc3c(c2)c2ccccc2c2c4ccc(N(c5ccccc5-c5ccccc5)c5cccc6c5oc5ccccc56)cc4ccc32)cc1. The van der Waals surface area contributed by atoms with Gasteiger partial charge in [-0.25, -0.2) is 0 Å². The number of rotatable bonds is 16. The molecule has 0 aliphatic carbocycles. The van der Waals surface area contributed by atoms with Crippen LogP contribution in [-0.2, 0) is 0 Å². The maximum Gasteiger partial charge on any atom is 0.159 e. The van der Waals surface area contributed by atoms with Crippen LogP contribution in [0.1, 0.15) is 0 Å². The molecule has 0 unspecified atom stereocenters. The van der Waals surface area contributed by atoms with Crippen LogP contribution in [0.15, 0.2) is 547 Å². The molecule has 4 aromatic heterocycles. The number of anilines is 12. The predicted molar refractivity (Wildman–Crippen MR) is 628 cm³/mol. The van der Waals surface area contributed by atoms with Gasteiger partial charge >= 0.3 is 0 Å². The Hall–Kier alpha value is -19.4. The van der Waals surface area contributed by atoms with E-state index in [-0.39, 0.29) is 0 Å². The number of nitrogens with zero attached hydrogens (tertiary/aromatic N) is 4. The first-order valence-corrected chi connectivity index (χ1v) is 51.3. The van der Waals surface area contributed by atoms with Crippen molar-refractivity contribution in [1.82, 2.24) is 0 Å². The number of fused-ring (bicyclic) bond motifs is 28. The average molecular weight is 1910 g/mol. The molecule has 692 valence electrons. The van der Waals surface area contributed by atoms with Crippen LogP contribution in [0.25, 0.3) is 217 Å². The Labute approximate surface area is 856 Å². The van der Waals surface area contributed by atoms with Gasteiger partial charge in [0.2, 0.25) is 0 Å². The molecule has 0 bridgehead atoms. The zero-order valence-electron chi connectivity index (χ0n) is 80.2. The highest BCUT2D eigenvalue weighted by Gasteiger charge is 2.30. The number of thiophene rings is 1. The van der Waals surface area contributed by atoms with Crippen molar-refractivity contribution < 1.29 is 13.3 Å². The van der Waals surface area contributed by atoms with Crippen molar-refractivity contribution >= 4 is 252 Å². The number of para-hydroxylation sites is 9. The van der Waals surface area contributed by atoms with E-state index in [1.54, 1.807) is 0 Å². The van der Waals surface area contributed by atoms with Crippen LogP contribution in [0.2, 0.25) is 0 Å².